The highest BCUT2D eigenvalue weighted by atomic mass is 35.5. The predicted molar refractivity (Wildman–Crippen MR) is 175 cm³/mol. The molecule has 2 aliphatic rings. The number of sulfone groups is 2. The minimum absolute atomic E-state index is 0.0173. The first-order valence-electron chi connectivity index (χ1n) is 14.9. The number of benzene rings is 2. The third kappa shape index (κ3) is 7.14. The zero-order valence-corrected chi connectivity index (χ0v) is 28.1. The molecule has 238 valence electrons. The monoisotopic (exact) mass is 661 g/mol. The SMILES string of the molecule is Cc1cc(Nc2ncc(Cl)c(Nc3ccccc3S(=O)(=O)C(C)C)n2)c2c(c1C1CCN(CCS(C)(=O)=O)CC1)C[C@@H](C)O2. The molecule has 0 saturated carbocycles. The molecule has 2 aromatic carbocycles. The molecule has 2 aliphatic heterocycles. The van der Waals surface area contributed by atoms with E-state index in [1.165, 1.54) is 23.6 Å². The van der Waals surface area contributed by atoms with Gasteiger partial charge in [0.25, 0.3) is 0 Å². The Kier molecular flexibility index (Phi) is 9.46. The first kappa shape index (κ1) is 32.5. The number of hydrogen-bond donors (Lipinski definition) is 2. The maximum Gasteiger partial charge on any atom is 0.229 e. The van der Waals surface area contributed by atoms with Gasteiger partial charge in [-0.25, -0.2) is 21.8 Å². The number of anilines is 4. The second-order valence-electron chi connectivity index (χ2n) is 12.1. The molecule has 0 unspecified atom stereocenters. The fourth-order valence-electron chi connectivity index (χ4n) is 5.99. The van der Waals surface area contributed by atoms with Gasteiger partial charge in [-0.05, 0) is 88.9 Å². The first-order chi connectivity index (χ1) is 20.7. The Bertz CT molecular complexity index is 1760. The highest BCUT2D eigenvalue weighted by Gasteiger charge is 2.32. The van der Waals surface area contributed by atoms with E-state index in [4.69, 9.17) is 16.3 Å². The highest BCUT2D eigenvalue weighted by Crippen LogP contribution is 2.46. The van der Waals surface area contributed by atoms with Crippen molar-refractivity contribution in [1.82, 2.24) is 14.9 Å². The molecule has 5 rings (SSSR count). The summed E-state index contributed by atoms with van der Waals surface area (Å²) in [5.74, 6) is 1.91. The summed E-state index contributed by atoms with van der Waals surface area (Å²) in [6, 6.07) is 8.75. The summed E-state index contributed by atoms with van der Waals surface area (Å²) >= 11 is 6.45. The summed E-state index contributed by atoms with van der Waals surface area (Å²) in [4.78, 5) is 11.4. The van der Waals surface area contributed by atoms with Crippen LogP contribution in [0.15, 0.2) is 41.4 Å². The largest absolute Gasteiger partial charge is 0.488 e. The summed E-state index contributed by atoms with van der Waals surface area (Å²) in [6.07, 6.45) is 5.49. The average molecular weight is 662 g/mol. The Labute approximate surface area is 265 Å². The van der Waals surface area contributed by atoms with Crippen molar-refractivity contribution < 1.29 is 21.6 Å². The molecule has 3 heterocycles. The normalized spacial score (nSPS) is 17.8. The van der Waals surface area contributed by atoms with Crippen molar-refractivity contribution in [2.24, 2.45) is 0 Å². The van der Waals surface area contributed by atoms with Crippen LogP contribution in [-0.2, 0) is 26.1 Å². The predicted octanol–water partition coefficient (Wildman–Crippen LogP) is 5.66. The number of rotatable bonds is 10. The van der Waals surface area contributed by atoms with E-state index in [9.17, 15) is 16.8 Å². The molecular weight excluding hydrogens is 622 g/mol. The average Bonchev–Trinajstić information content (AvgIpc) is 3.35. The lowest BCUT2D eigenvalue weighted by Crippen LogP contribution is -2.36. The molecule has 13 heteroatoms. The maximum atomic E-state index is 13.0. The fourth-order valence-corrected chi connectivity index (χ4v) is 7.92. The number of piperidine rings is 1. The summed E-state index contributed by atoms with van der Waals surface area (Å²) in [6.45, 7) is 9.75. The number of likely N-dealkylation sites (tertiary alicyclic amines) is 1. The Morgan fingerprint density at radius 1 is 1.09 bits per heavy atom. The van der Waals surface area contributed by atoms with Crippen LogP contribution in [0.2, 0.25) is 5.02 Å². The fraction of sp³-hybridized carbons (Fsp3) is 0.484. The number of hydrogen-bond acceptors (Lipinski definition) is 10. The number of nitrogens with one attached hydrogen (secondary N) is 2. The van der Waals surface area contributed by atoms with Crippen molar-refractivity contribution >= 4 is 54.4 Å². The van der Waals surface area contributed by atoms with Gasteiger partial charge >= 0.3 is 0 Å². The molecule has 10 nitrogen and oxygen atoms in total. The first-order valence-corrected chi connectivity index (χ1v) is 18.8. The van der Waals surface area contributed by atoms with E-state index in [0.29, 0.717) is 18.2 Å². The van der Waals surface area contributed by atoms with Crippen molar-refractivity contribution in [3.05, 3.63) is 58.2 Å². The van der Waals surface area contributed by atoms with Crippen LogP contribution in [-0.4, -0.2) is 74.7 Å². The zero-order valence-electron chi connectivity index (χ0n) is 25.7. The molecule has 1 fully saturated rings. The molecule has 0 aliphatic carbocycles. The van der Waals surface area contributed by atoms with Crippen LogP contribution in [0.1, 0.15) is 56.2 Å². The van der Waals surface area contributed by atoms with Gasteiger partial charge in [0.05, 0.1) is 33.5 Å². The van der Waals surface area contributed by atoms with Crippen molar-refractivity contribution in [1.29, 1.82) is 0 Å². The molecule has 1 saturated heterocycles. The zero-order chi connectivity index (χ0) is 31.8. The van der Waals surface area contributed by atoms with Gasteiger partial charge in [-0.1, -0.05) is 23.7 Å². The Balaban J connectivity index is 1.39. The maximum absolute atomic E-state index is 13.0. The molecular formula is C31H40ClN5O5S2. The third-order valence-electron chi connectivity index (χ3n) is 8.27. The van der Waals surface area contributed by atoms with E-state index in [1.807, 2.05) is 0 Å². The van der Waals surface area contributed by atoms with Gasteiger partial charge in [-0.2, -0.15) is 4.98 Å². The topological polar surface area (TPSA) is 131 Å². The van der Waals surface area contributed by atoms with Crippen molar-refractivity contribution in [2.75, 3.05) is 42.3 Å². The minimum atomic E-state index is -3.55. The van der Waals surface area contributed by atoms with Crippen LogP contribution >= 0.6 is 11.6 Å². The number of ether oxygens (including phenoxy) is 1. The number of nitrogens with zero attached hydrogens (tertiary/aromatic N) is 3. The second-order valence-corrected chi connectivity index (χ2v) is 17.2. The molecule has 1 atom stereocenters. The van der Waals surface area contributed by atoms with E-state index in [1.54, 1.807) is 38.1 Å². The van der Waals surface area contributed by atoms with Crippen LogP contribution in [0.3, 0.4) is 0 Å². The summed E-state index contributed by atoms with van der Waals surface area (Å²) in [5, 5.41) is 6.08. The van der Waals surface area contributed by atoms with Gasteiger partial charge in [0.15, 0.2) is 15.7 Å². The van der Waals surface area contributed by atoms with E-state index < -0.39 is 24.9 Å². The molecule has 44 heavy (non-hydrogen) atoms. The molecule has 0 bridgehead atoms. The lowest BCUT2D eigenvalue weighted by molar-refractivity contribution is 0.222. The summed E-state index contributed by atoms with van der Waals surface area (Å²) < 4.78 is 55.5. The van der Waals surface area contributed by atoms with E-state index in [0.717, 1.165) is 49.4 Å². The lowest BCUT2D eigenvalue weighted by atomic mass is 9.82. The van der Waals surface area contributed by atoms with Crippen LogP contribution in [0, 0.1) is 6.92 Å². The number of para-hydroxylation sites is 1. The Hall–Kier alpha value is -2.93. The van der Waals surface area contributed by atoms with E-state index >= 15 is 0 Å². The molecule has 0 spiro atoms. The second kappa shape index (κ2) is 12.8. The number of aromatic nitrogens is 2. The van der Waals surface area contributed by atoms with Crippen molar-refractivity contribution in [2.45, 2.75) is 69.1 Å². The van der Waals surface area contributed by atoms with Gasteiger partial charge < -0.3 is 20.3 Å². The molecule has 0 amide bonds. The highest BCUT2D eigenvalue weighted by molar-refractivity contribution is 7.92. The smallest absolute Gasteiger partial charge is 0.229 e. The van der Waals surface area contributed by atoms with Gasteiger partial charge in [0.2, 0.25) is 5.95 Å². The summed E-state index contributed by atoms with van der Waals surface area (Å²) in [5.41, 5.74) is 4.80. The molecule has 1 aromatic heterocycles. The number of halogens is 1. The lowest BCUT2D eigenvalue weighted by Gasteiger charge is -2.33. The van der Waals surface area contributed by atoms with E-state index in [-0.39, 0.29) is 33.5 Å². The Morgan fingerprint density at radius 2 is 1.80 bits per heavy atom. The standard InChI is InChI=1S/C31H40ClN5O5S2/c1-19(2)44(40,41)27-9-7-6-8-25(27)34-30-24(32)18-33-31(36-30)35-26-16-20(3)28(23-17-21(4)42-29(23)26)22-10-12-37(13-11-22)14-15-43(5,38)39/h6-9,16,18-19,21-22H,10-15,17H2,1-5H3,(H2,33,34,35,36)/t21-/m1/s1. The Morgan fingerprint density at radius 3 is 2.48 bits per heavy atom. The molecule has 3 aromatic rings. The molecule has 0 radical (unpaired) electrons. The van der Waals surface area contributed by atoms with Crippen molar-refractivity contribution in [3.8, 4) is 5.75 Å². The quantitative estimate of drug-likeness (QED) is 0.281. The van der Waals surface area contributed by atoms with Gasteiger partial charge in [0.1, 0.15) is 26.7 Å². The van der Waals surface area contributed by atoms with Gasteiger partial charge in [-0.3, -0.25) is 0 Å². The van der Waals surface area contributed by atoms with Crippen molar-refractivity contribution in [3.63, 3.8) is 0 Å². The number of aryl methyl sites for hydroxylation is 1. The van der Waals surface area contributed by atoms with Crippen LogP contribution in [0.25, 0.3) is 0 Å². The van der Waals surface area contributed by atoms with Gasteiger partial charge in [0, 0.05) is 24.8 Å². The van der Waals surface area contributed by atoms with Crippen LogP contribution < -0.4 is 15.4 Å². The minimum Gasteiger partial charge on any atom is -0.488 e. The summed E-state index contributed by atoms with van der Waals surface area (Å²) in [7, 11) is -6.53. The van der Waals surface area contributed by atoms with Crippen LogP contribution in [0.4, 0.5) is 23.1 Å². The van der Waals surface area contributed by atoms with E-state index in [2.05, 4.69) is 45.4 Å². The number of fused-ring (bicyclic) bond motifs is 1. The van der Waals surface area contributed by atoms with Gasteiger partial charge in [-0.15, -0.1) is 0 Å². The molecule has 2 N–H and O–H groups in total. The third-order valence-corrected chi connectivity index (χ3v) is 11.7. The van der Waals surface area contributed by atoms with Crippen LogP contribution in [0.5, 0.6) is 5.75 Å².